The van der Waals surface area contributed by atoms with Crippen LogP contribution in [-0.4, -0.2) is 18.0 Å². The number of thiophene rings is 1. The second-order valence-corrected chi connectivity index (χ2v) is 5.83. The Morgan fingerprint density at radius 1 is 1.47 bits per heavy atom. The van der Waals surface area contributed by atoms with Gasteiger partial charge in [0, 0.05) is 17.3 Å². The average molecular weight is 245 g/mol. The summed E-state index contributed by atoms with van der Waals surface area (Å²) in [6, 6.07) is 5.11. The van der Waals surface area contributed by atoms with Crippen LogP contribution < -0.4 is 0 Å². The molecule has 2 atom stereocenters. The van der Waals surface area contributed by atoms with Gasteiger partial charge in [-0.15, -0.1) is 11.3 Å². The highest BCUT2D eigenvalue weighted by molar-refractivity contribution is 7.10. The van der Waals surface area contributed by atoms with Gasteiger partial charge in [0.15, 0.2) is 0 Å². The van der Waals surface area contributed by atoms with Crippen molar-refractivity contribution < 1.29 is 0 Å². The first-order valence-electron chi connectivity index (χ1n) is 6.53. The second kappa shape index (κ2) is 4.79. The summed E-state index contributed by atoms with van der Waals surface area (Å²) < 4.78 is 0. The van der Waals surface area contributed by atoms with Crippen LogP contribution in [0.2, 0.25) is 0 Å². The van der Waals surface area contributed by atoms with Gasteiger partial charge in [-0.2, -0.15) is 0 Å². The molecule has 1 aromatic rings. The van der Waals surface area contributed by atoms with Gasteiger partial charge in [0.05, 0.1) is 6.04 Å². The Morgan fingerprint density at radius 3 is 3.18 bits per heavy atom. The van der Waals surface area contributed by atoms with Crippen molar-refractivity contribution in [2.24, 2.45) is 5.92 Å². The molecule has 1 nitrogen and oxygen atoms in total. The molecule has 1 aromatic heterocycles. The van der Waals surface area contributed by atoms with Crippen molar-refractivity contribution >= 4 is 11.3 Å². The molecule has 90 valence electrons. The van der Waals surface area contributed by atoms with Crippen LogP contribution in [0, 0.1) is 5.92 Å². The number of piperidine rings is 1. The van der Waals surface area contributed by atoms with E-state index in [0.717, 1.165) is 6.54 Å². The third-order valence-corrected chi connectivity index (χ3v) is 4.96. The summed E-state index contributed by atoms with van der Waals surface area (Å²) in [6.45, 7) is 4.67. The molecule has 2 unspecified atom stereocenters. The van der Waals surface area contributed by atoms with Crippen LogP contribution in [0.3, 0.4) is 0 Å². The van der Waals surface area contributed by atoms with Gasteiger partial charge in [-0.3, -0.25) is 4.90 Å². The lowest BCUT2D eigenvalue weighted by Crippen LogP contribution is -2.39. The van der Waals surface area contributed by atoms with Gasteiger partial charge in [0.1, 0.15) is 0 Å². The van der Waals surface area contributed by atoms with Crippen molar-refractivity contribution in [1.82, 2.24) is 4.90 Å². The van der Waals surface area contributed by atoms with Gasteiger partial charge in [-0.1, -0.05) is 36.8 Å². The molecule has 1 fully saturated rings. The minimum Gasteiger partial charge on any atom is -0.295 e. The molecular formula is C15H19NS. The molecule has 2 aliphatic rings. The minimum absolute atomic E-state index is 0.616. The Hall–Kier alpha value is -0.860. The van der Waals surface area contributed by atoms with Crippen molar-refractivity contribution in [3.63, 3.8) is 0 Å². The predicted octanol–water partition coefficient (Wildman–Crippen LogP) is 4.02. The normalized spacial score (nSPS) is 28.9. The maximum atomic E-state index is 2.65. The van der Waals surface area contributed by atoms with E-state index in [0.29, 0.717) is 12.0 Å². The van der Waals surface area contributed by atoms with E-state index in [1.807, 2.05) is 11.3 Å². The molecule has 0 N–H and O–H groups in total. The molecule has 17 heavy (non-hydrogen) atoms. The maximum Gasteiger partial charge on any atom is 0.0509 e. The van der Waals surface area contributed by atoms with Gasteiger partial charge in [0.25, 0.3) is 0 Å². The highest BCUT2D eigenvalue weighted by Gasteiger charge is 2.35. The van der Waals surface area contributed by atoms with Crippen LogP contribution in [0.1, 0.15) is 30.7 Å². The van der Waals surface area contributed by atoms with E-state index in [2.05, 4.69) is 47.6 Å². The van der Waals surface area contributed by atoms with Crippen LogP contribution in [0.15, 0.2) is 41.3 Å². The lowest BCUT2D eigenvalue weighted by molar-refractivity contribution is 0.137. The smallest absolute Gasteiger partial charge is 0.0509 e. The van der Waals surface area contributed by atoms with Crippen LogP contribution in [0.25, 0.3) is 0 Å². The Labute approximate surface area is 107 Å². The lowest BCUT2D eigenvalue weighted by atomic mass is 9.79. The number of hydrogen-bond acceptors (Lipinski definition) is 2. The molecule has 0 bridgehead atoms. The van der Waals surface area contributed by atoms with Gasteiger partial charge >= 0.3 is 0 Å². The Kier molecular flexibility index (Phi) is 3.17. The van der Waals surface area contributed by atoms with Crippen LogP contribution >= 0.6 is 11.3 Å². The molecule has 2 heterocycles. The van der Waals surface area contributed by atoms with Crippen LogP contribution in [0.5, 0.6) is 0 Å². The summed E-state index contributed by atoms with van der Waals surface area (Å²) in [4.78, 5) is 4.19. The van der Waals surface area contributed by atoms with Gasteiger partial charge in [-0.25, -0.2) is 0 Å². The summed E-state index contributed by atoms with van der Waals surface area (Å²) in [5, 5.41) is 2.21. The molecule has 1 aliphatic heterocycles. The van der Waals surface area contributed by atoms with Crippen molar-refractivity contribution in [2.45, 2.75) is 25.8 Å². The monoisotopic (exact) mass is 245 g/mol. The third kappa shape index (κ3) is 2.00. The van der Waals surface area contributed by atoms with Gasteiger partial charge < -0.3 is 0 Å². The molecule has 2 heteroatoms. The number of hydrogen-bond donors (Lipinski definition) is 0. The number of nitrogens with zero attached hydrogens (tertiary/aromatic N) is 1. The largest absolute Gasteiger partial charge is 0.295 e. The zero-order valence-electron chi connectivity index (χ0n) is 10.3. The predicted molar refractivity (Wildman–Crippen MR) is 74.3 cm³/mol. The van der Waals surface area contributed by atoms with E-state index in [-0.39, 0.29) is 0 Å². The topological polar surface area (TPSA) is 3.24 Å². The molecule has 0 saturated carbocycles. The molecule has 0 aromatic carbocycles. The van der Waals surface area contributed by atoms with E-state index in [4.69, 9.17) is 0 Å². The average Bonchev–Trinajstić information content (AvgIpc) is 2.91. The fourth-order valence-corrected chi connectivity index (χ4v) is 4.08. The van der Waals surface area contributed by atoms with Gasteiger partial charge in [0.2, 0.25) is 0 Å². The Morgan fingerprint density at radius 2 is 2.41 bits per heavy atom. The molecule has 0 radical (unpaired) electrons. The summed E-state index contributed by atoms with van der Waals surface area (Å²) in [5.41, 5.74) is 1.66. The van der Waals surface area contributed by atoms with E-state index in [1.165, 1.54) is 24.3 Å². The summed E-state index contributed by atoms with van der Waals surface area (Å²) >= 11 is 1.91. The van der Waals surface area contributed by atoms with Crippen molar-refractivity contribution in [3.8, 4) is 0 Å². The Bertz CT molecular complexity index is 430. The number of allylic oxidation sites excluding steroid dienone is 3. The van der Waals surface area contributed by atoms with E-state index < -0.39 is 0 Å². The van der Waals surface area contributed by atoms with E-state index in [9.17, 15) is 0 Å². The quantitative estimate of drug-likeness (QED) is 0.760. The van der Waals surface area contributed by atoms with Gasteiger partial charge in [-0.05, 0) is 30.8 Å². The highest BCUT2D eigenvalue weighted by atomic mass is 32.1. The third-order valence-electron chi connectivity index (χ3n) is 4.02. The maximum absolute atomic E-state index is 2.65. The standard InChI is InChI=1S/C15H19NS/c1-2-16-10-9-12-6-3-4-7-13(12)15(16)14-8-5-11-17-14/h3-6,8,11,13,15H,2,7,9-10H2,1H3. The molecule has 1 aliphatic carbocycles. The number of fused-ring (bicyclic) bond motifs is 1. The number of likely N-dealkylation sites (tertiary alicyclic amines) is 1. The first kappa shape index (κ1) is 11.2. The second-order valence-electron chi connectivity index (χ2n) is 4.85. The van der Waals surface area contributed by atoms with Crippen molar-refractivity contribution in [2.75, 3.05) is 13.1 Å². The van der Waals surface area contributed by atoms with Crippen LogP contribution in [0.4, 0.5) is 0 Å². The molecule has 0 spiro atoms. The SMILES string of the molecule is CCN1CCC2=CC=CCC2C1c1cccs1. The first-order chi connectivity index (χ1) is 8.40. The summed E-state index contributed by atoms with van der Waals surface area (Å²) in [6.07, 6.45) is 9.38. The molecule has 0 amide bonds. The van der Waals surface area contributed by atoms with Crippen LogP contribution in [-0.2, 0) is 0 Å². The molecule has 3 rings (SSSR count). The minimum atomic E-state index is 0.616. The number of rotatable bonds is 2. The molecular weight excluding hydrogens is 226 g/mol. The fourth-order valence-electron chi connectivity index (χ4n) is 3.15. The summed E-state index contributed by atoms with van der Waals surface area (Å²) in [5.74, 6) is 0.715. The van der Waals surface area contributed by atoms with E-state index in [1.54, 1.807) is 5.57 Å². The van der Waals surface area contributed by atoms with E-state index >= 15 is 0 Å². The zero-order valence-corrected chi connectivity index (χ0v) is 11.1. The summed E-state index contributed by atoms with van der Waals surface area (Å²) in [7, 11) is 0. The first-order valence-corrected chi connectivity index (χ1v) is 7.41. The zero-order chi connectivity index (χ0) is 11.7. The van der Waals surface area contributed by atoms with Crippen molar-refractivity contribution in [1.29, 1.82) is 0 Å². The molecule has 1 saturated heterocycles. The Balaban J connectivity index is 1.95. The fraction of sp³-hybridized carbons (Fsp3) is 0.467. The van der Waals surface area contributed by atoms with Crippen molar-refractivity contribution in [3.05, 3.63) is 46.2 Å². The highest BCUT2D eigenvalue weighted by Crippen LogP contribution is 2.43. The lowest BCUT2D eigenvalue weighted by Gasteiger charge is -2.42.